The largest absolute Gasteiger partial charge is 0.507 e. The summed E-state index contributed by atoms with van der Waals surface area (Å²) in [6, 6.07) is 5.28. The van der Waals surface area contributed by atoms with Crippen LogP contribution in [0.2, 0.25) is 0 Å². The van der Waals surface area contributed by atoms with Gasteiger partial charge < -0.3 is 20.8 Å². The molecule has 0 radical (unpaired) electrons. The highest BCUT2D eigenvalue weighted by molar-refractivity contribution is 5.98. The van der Waals surface area contributed by atoms with E-state index in [4.69, 9.17) is 5.73 Å². The van der Waals surface area contributed by atoms with Crippen molar-refractivity contribution in [1.29, 1.82) is 0 Å². The van der Waals surface area contributed by atoms with E-state index < -0.39 is 0 Å². The molecule has 3 aromatic rings. The lowest BCUT2D eigenvalue weighted by molar-refractivity contribution is 0.482. The van der Waals surface area contributed by atoms with Crippen LogP contribution in [0.25, 0.3) is 22.3 Å². The lowest BCUT2D eigenvalue weighted by Crippen LogP contribution is -2.04. The quantitative estimate of drug-likeness (QED) is 0.555. The summed E-state index contributed by atoms with van der Waals surface area (Å²) in [4.78, 5) is 10.6. The average molecular weight is 242 g/mol. The van der Waals surface area contributed by atoms with Gasteiger partial charge in [0.25, 0.3) is 0 Å². The first kappa shape index (κ1) is 10.9. The molecule has 18 heavy (non-hydrogen) atoms. The Balaban J connectivity index is 2.19. The number of hydrogen-bond donors (Lipinski definition) is 4. The van der Waals surface area contributed by atoms with Crippen molar-refractivity contribution in [1.82, 2.24) is 15.0 Å². The van der Waals surface area contributed by atoms with E-state index in [0.29, 0.717) is 5.82 Å². The number of fused-ring (bicyclic) bond motifs is 1. The molecule has 92 valence electrons. The predicted octanol–water partition coefficient (Wildman–Crippen LogP) is 2.28. The molecule has 0 aliphatic rings. The van der Waals surface area contributed by atoms with Crippen molar-refractivity contribution in [3.8, 4) is 17.1 Å². The van der Waals surface area contributed by atoms with Gasteiger partial charge in [-0.3, -0.25) is 0 Å². The third kappa shape index (κ3) is 1.56. The van der Waals surface area contributed by atoms with Crippen LogP contribution in [0, 0.1) is 0 Å². The van der Waals surface area contributed by atoms with E-state index in [0.717, 1.165) is 22.2 Å². The second-order valence-corrected chi connectivity index (χ2v) is 4.38. The fraction of sp³-hybridized carbons (Fsp3) is 0.154. The Morgan fingerprint density at radius 1 is 1.39 bits per heavy atom. The number of aromatic nitrogens is 3. The van der Waals surface area contributed by atoms with Gasteiger partial charge in [-0.15, -0.1) is 0 Å². The van der Waals surface area contributed by atoms with Gasteiger partial charge in [0.05, 0.1) is 17.3 Å². The summed E-state index contributed by atoms with van der Waals surface area (Å²) < 4.78 is 0. The van der Waals surface area contributed by atoms with Gasteiger partial charge in [-0.25, -0.2) is 4.98 Å². The van der Waals surface area contributed by atoms with E-state index in [2.05, 4.69) is 15.0 Å². The highest BCUT2D eigenvalue weighted by atomic mass is 16.3. The van der Waals surface area contributed by atoms with Crippen LogP contribution in [0.5, 0.6) is 5.75 Å². The van der Waals surface area contributed by atoms with Gasteiger partial charge in [0.1, 0.15) is 11.6 Å². The minimum Gasteiger partial charge on any atom is -0.507 e. The number of phenolic OH excluding ortho intramolecular Hbond substituents is 1. The summed E-state index contributed by atoms with van der Waals surface area (Å²) in [7, 11) is 0. The lowest BCUT2D eigenvalue weighted by atomic mass is 10.1. The van der Waals surface area contributed by atoms with Crippen LogP contribution < -0.4 is 5.73 Å². The van der Waals surface area contributed by atoms with E-state index in [1.165, 1.54) is 0 Å². The van der Waals surface area contributed by atoms with Crippen molar-refractivity contribution in [2.75, 3.05) is 0 Å². The SMILES string of the molecule is C[C@H](N)c1cnc(-c2c[nH]c3cccc(O)c23)[nH]1. The fourth-order valence-corrected chi connectivity index (χ4v) is 2.06. The number of hydrogen-bond acceptors (Lipinski definition) is 3. The third-order valence-corrected chi connectivity index (χ3v) is 3.02. The standard InChI is InChI=1S/C13H14N4O/c1-7(14)10-6-16-13(17-10)8-5-15-9-3-2-4-11(18)12(8)9/h2-7,15,18H,14H2,1H3,(H,16,17)/t7-/m0/s1. The zero-order valence-corrected chi connectivity index (χ0v) is 9.94. The number of phenols is 1. The van der Waals surface area contributed by atoms with Crippen molar-refractivity contribution < 1.29 is 5.11 Å². The maximum atomic E-state index is 9.93. The van der Waals surface area contributed by atoms with Crippen molar-refractivity contribution >= 4 is 10.9 Å². The second kappa shape index (κ2) is 3.89. The molecule has 2 heterocycles. The molecule has 0 aliphatic carbocycles. The summed E-state index contributed by atoms with van der Waals surface area (Å²) in [5, 5.41) is 10.7. The molecule has 0 fully saturated rings. The van der Waals surface area contributed by atoms with Crippen LogP contribution in [-0.2, 0) is 0 Å². The molecule has 1 aromatic carbocycles. The first-order valence-electron chi connectivity index (χ1n) is 5.76. The molecule has 0 saturated heterocycles. The number of aromatic amines is 2. The maximum absolute atomic E-state index is 9.93. The van der Waals surface area contributed by atoms with Crippen LogP contribution in [0.3, 0.4) is 0 Å². The smallest absolute Gasteiger partial charge is 0.139 e. The van der Waals surface area contributed by atoms with Crippen LogP contribution in [0.1, 0.15) is 18.7 Å². The molecular weight excluding hydrogens is 228 g/mol. The lowest BCUT2D eigenvalue weighted by Gasteiger charge is -2.00. The van der Waals surface area contributed by atoms with Gasteiger partial charge in [0.2, 0.25) is 0 Å². The number of benzene rings is 1. The monoisotopic (exact) mass is 242 g/mol. The first-order chi connectivity index (χ1) is 8.66. The van der Waals surface area contributed by atoms with Crippen LogP contribution in [-0.4, -0.2) is 20.1 Å². The molecule has 5 N–H and O–H groups in total. The molecule has 0 aliphatic heterocycles. The highest BCUT2D eigenvalue weighted by Crippen LogP contribution is 2.33. The Morgan fingerprint density at radius 3 is 2.94 bits per heavy atom. The van der Waals surface area contributed by atoms with Crippen molar-refractivity contribution in [2.24, 2.45) is 5.73 Å². The molecule has 3 rings (SSSR count). The van der Waals surface area contributed by atoms with Crippen LogP contribution in [0.4, 0.5) is 0 Å². The predicted molar refractivity (Wildman–Crippen MR) is 70.1 cm³/mol. The highest BCUT2D eigenvalue weighted by Gasteiger charge is 2.13. The Hall–Kier alpha value is -2.27. The summed E-state index contributed by atoms with van der Waals surface area (Å²) in [5.41, 5.74) is 8.39. The van der Waals surface area contributed by atoms with Gasteiger partial charge in [0.15, 0.2) is 0 Å². The number of nitrogens with two attached hydrogens (primary N) is 1. The molecule has 0 unspecified atom stereocenters. The molecule has 0 saturated carbocycles. The average Bonchev–Trinajstić information content (AvgIpc) is 2.94. The Morgan fingerprint density at radius 2 is 2.22 bits per heavy atom. The molecule has 0 spiro atoms. The number of imidazole rings is 1. The minimum absolute atomic E-state index is 0.0925. The Bertz CT molecular complexity index is 696. The van der Waals surface area contributed by atoms with E-state index in [-0.39, 0.29) is 11.8 Å². The molecule has 1 atom stereocenters. The zero-order chi connectivity index (χ0) is 12.7. The van der Waals surface area contributed by atoms with Gasteiger partial charge in [-0.2, -0.15) is 0 Å². The van der Waals surface area contributed by atoms with E-state index in [1.54, 1.807) is 18.3 Å². The summed E-state index contributed by atoms with van der Waals surface area (Å²) >= 11 is 0. The van der Waals surface area contributed by atoms with Gasteiger partial charge >= 0.3 is 0 Å². The van der Waals surface area contributed by atoms with Gasteiger partial charge in [0, 0.05) is 23.3 Å². The number of nitrogens with zero attached hydrogens (tertiary/aromatic N) is 1. The second-order valence-electron chi connectivity index (χ2n) is 4.38. The fourth-order valence-electron chi connectivity index (χ4n) is 2.06. The molecule has 0 amide bonds. The molecular formula is C13H14N4O. The summed E-state index contributed by atoms with van der Waals surface area (Å²) in [5.74, 6) is 0.942. The summed E-state index contributed by atoms with van der Waals surface area (Å²) in [6.45, 7) is 1.89. The third-order valence-electron chi connectivity index (χ3n) is 3.02. The number of rotatable bonds is 2. The van der Waals surface area contributed by atoms with E-state index >= 15 is 0 Å². The van der Waals surface area contributed by atoms with Crippen molar-refractivity contribution in [2.45, 2.75) is 13.0 Å². The van der Waals surface area contributed by atoms with Gasteiger partial charge in [-0.1, -0.05) is 6.07 Å². The number of H-pyrrole nitrogens is 2. The number of aromatic hydroxyl groups is 1. The van der Waals surface area contributed by atoms with Crippen LogP contribution >= 0.6 is 0 Å². The maximum Gasteiger partial charge on any atom is 0.139 e. The summed E-state index contributed by atoms with van der Waals surface area (Å²) in [6.07, 6.45) is 3.55. The molecule has 5 heteroatoms. The minimum atomic E-state index is -0.0925. The van der Waals surface area contributed by atoms with E-state index in [9.17, 15) is 5.11 Å². The molecule has 0 bridgehead atoms. The Kier molecular flexibility index (Phi) is 2.34. The van der Waals surface area contributed by atoms with Crippen molar-refractivity contribution in [3.05, 3.63) is 36.3 Å². The topological polar surface area (TPSA) is 90.7 Å². The molecule has 5 nitrogen and oxygen atoms in total. The molecule has 2 aromatic heterocycles. The van der Waals surface area contributed by atoms with Crippen molar-refractivity contribution in [3.63, 3.8) is 0 Å². The van der Waals surface area contributed by atoms with E-state index in [1.807, 2.05) is 19.2 Å². The Labute approximate surface area is 104 Å². The zero-order valence-electron chi connectivity index (χ0n) is 9.94. The first-order valence-corrected chi connectivity index (χ1v) is 5.76. The number of nitrogens with one attached hydrogen (secondary N) is 2. The van der Waals surface area contributed by atoms with Crippen LogP contribution in [0.15, 0.2) is 30.6 Å². The normalized spacial score (nSPS) is 13.0. The van der Waals surface area contributed by atoms with Gasteiger partial charge in [-0.05, 0) is 19.1 Å².